The maximum Gasteiger partial charge on any atom is 0.117 e. The predicted molar refractivity (Wildman–Crippen MR) is 38.2 cm³/mol. The van der Waals surface area contributed by atoms with Crippen LogP contribution in [-0.2, 0) is 0 Å². The summed E-state index contributed by atoms with van der Waals surface area (Å²) in [6, 6.07) is 1.65. The van der Waals surface area contributed by atoms with Crippen molar-refractivity contribution < 1.29 is 9.90 Å². The van der Waals surface area contributed by atoms with Gasteiger partial charge in [-0.3, -0.25) is 10.1 Å². The number of carboxylic acids is 1. The second kappa shape index (κ2) is 2.30. The van der Waals surface area contributed by atoms with Crippen LogP contribution in [0.4, 0.5) is 0 Å². The molecule has 0 spiro atoms. The summed E-state index contributed by atoms with van der Waals surface area (Å²) in [7, 11) is 0. The highest BCUT2D eigenvalue weighted by Gasteiger charge is 2.04. The molecule has 0 aromatic carbocycles. The Kier molecular flexibility index (Phi) is 1.30. The Morgan fingerprint density at radius 1 is 1.58 bits per heavy atom. The van der Waals surface area contributed by atoms with E-state index in [1.807, 2.05) is 0 Å². The van der Waals surface area contributed by atoms with Crippen LogP contribution in [0.25, 0.3) is 10.9 Å². The zero-order valence-electron chi connectivity index (χ0n) is 5.94. The van der Waals surface area contributed by atoms with Crippen molar-refractivity contribution in [1.29, 1.82) is 0 Å². The van der Waals surface area contributed by atoms with E-state index in [1.54, 1.807) is 12.3 Å². The Morgan fingerprint density at radius 3 is 3.17 bits per heavy atom. The van der Waals surface area contributed by atoms with Crippen LogP contribution < -0.4 is 5.11 Å². The molecule has 0 aliphatic rings. The maximum atomic E-state index is 10.5. The molecule has 0 saturated heterocycles. The number of H-pyrrole nitrogens is 1. The van der Waals surface area contributed by atoms with E-state index >= 15 is 0 Å². The van der Waals surface area contributed by atoms with E-state index in [4.69, 9.17) is 0 Å². The van der Waals surface area contributed by atoms with E-state index in [2.05, 4.69) is 15.2 Å². The molecule has 0 unspecified atom stereocenters. The van der Waals surface area contributed by atoms with E-state index < -0.39 is 5.97 Å². The van der Waals surface area contributed by atoms with Crippen molar-refractivity contribution in [2.45, 2.75) is 0 Å². The molecular weight excluding hydrogens is 158 g/mol. The highest BCUT2D eigenvalue weighted by atomic mass is 16.4. The molecule has 0 aliphatic heterocycles. The number of hydrogen-bond donors (Lipinski definition) is 1. The Balaban J connectivity index is 2.79. The zero-order chi connectivity index (χ0) is 8.55. The minimum Gasteiger partial charge on any atom is -0.543 e. The highest BCUT2D eigenvalue weighted by molar-refractivity contribution is 5.99. The average Bonchev–Trinajstić information content (AvgIpc) is 2.47. The van der Waals surface area contributed by atoms with Crippen molar-refractivity contribution in [3.63, 3.8) is 0 Å². The number of aromatic nitrogens is 3. The molecule has 2 aromatic rings. The highest BCUT2D eigenvalue weighted by Crippen LogP contribution is 2.12. The molecule has 12 heavy (non-hydrogen) atoms. The quantitative estimate of drug-likeness (QED) is 0.602. The fourth-order valence-corrected chi connectivity index (χ4v) is 1.01. The van der Waals surface area contributed by atoms with Gasteiger partial charge in [0.1, 0.15) is 5.69 Å². The fourth-order valence-electron chi connectivity index (χ4n) is 1.01. The van der Waals surface area contributed by atoms with Gasteiger partial charge in [-0.05, 0) is 6.07 Å². The van der Waals surface area contributed by atoms with Crippen LogP contribution in [0.3, 0.4) is 0 Å². The molecule has 5 heteroatoms. The minimum atomic E-state index is -1.30. The smallest absolute Gasteiger partial charge is 0.117 e. The first kappa shape index (κ1) is 6.78. The Labute approximate surface area is 67.1 Å². The largest absolute Gasteiger partial charge is 0.543 e. The third-order valence-electron chi connectivity index (χ3n) is 1.56. The number of hydrogen-bond acceptors (Lipinski definition) is 4. The molecule has 2 aromatic heterocycles. The summed E-state index contributed by atoms with van der Waals surface area (Å²) in [5, 5.41) is 17.1. The van der Waals surface area contributed by atoms with Crippen LogP contribution >= 0.6 is 0 Å². The number of pyridine rings is 1. The Hall–Kier alpha value is -1.91. The summed E-state index contributed by atoms with van der Waals surface area (Å²) in [6.07, 6.45) is 2.99. The molecule has 0 amide bonds. The van der Waals surface area contributed by atoms with Gasteiger partial charge < -0.3 is 9.90 Å². The number of nitrogens with one attached hydrogen (secondary N) is 1. The van der Waals surface area contributed by atoms with Gasteiger partial charge in [-0.1, -0.05) is 0 Å². The number of aromatic carboxylic acids is 1. The van der Waals surface area contributed by atoms with Gasteiger partial charge in [0.2, 0.25) is 0 Å². The summed E-state index contributed by atoms with van der Waals surface area (Å²) in [5.74, 6) is -1.30. The van der Waals surface area contributed by atoms with Crippen molar-refractivity contribution in [3.05, 3.63) is 24.2 Å². The van der Waals surface area contributed by atoms with Crippen LogP contribution in [0.1, 0.15) is 10.5 Å². The van der Waals surface area contributed by atoms with Gasteiger partial charge in [0.05, 0.1) is 11.5 Å². The van der Waals surface area contributed by atoms with Crippen molar-refractivity contribution in [2.24, 2.45) is 0 Å². The molecule has 0 atom stereocenters. The minimum absolute atomic E-state index is 0.0990. The van der Waals surface area contributed by atoms with Crippen molar-refractivity contribution >= 4 is 16.9 Å². The first-order valence-corrected chi connectivity index (χ1v) is 3.28. The van der Waals surface area contributed by atoms with Crippen molar-refractivity contribution in [3.8, 4) is 0 Å². The number of fused-ring (bicyclic) bond motifs is 1. The van der Waals surface area contributed by atoms with E-state index in [-0.39, 0.29) is 5.69 Å². The molecule has 0 bridgehead atoms. The van der Waals surface area contributed by atoms with Gasteiger partial charge in [0.15, 0.2) is 0 Å². The predicted octanol–water partition coefficient (Wildman–Crippen LogP) is -0.679. The summed E-state index contributed by atoms with van der Waals surface area (Å²) < 4.78 is 0. The third kappa shape index (κ3) is 0.833. The maximum absolute atomic E-state index is 10.5. The topological polar surface area (TPSA) is 81.7 Å². The van der Waals surface area contributed by atoms with E-state index in [0.717, 1.165) is 0 Å². The standard InChI is InChI=1S/C7H5N3O2/c11-7(12)6-4-3-8-2-1-5(4)9-10-6/h1-3H,(H,9,10)(H,11,12)/p-1. The number of nitrogens with zero attached hydrogens (tertiary/aromatic N) is 2. The van der Waals surface area contributed by atoms with E-state index in [1.165, 1.54) is 6.20 Å². The van der Waals surface area contributed by atoms with Crippen LogP contribution in [0.5, 0.6) is 0 Å². The van der Waals surface area contributed by atoms with Gasteiger partial charge in [-0.2, -0.15) is 5.10 Å². The van der Waals surface area contributed by atoms with Gasteiger partial charge >= 0.3 is 0 Å². The average molecular weight is 162 g/mol. The monoisotopic (exact) mass is 162 g/mol. The lowest BCUT2D eigenvalue weighted by molar-refractivity contribution is -0.255. The van der Waals surface area contributed by atoms with Crippen LogP contribution in [0, 0.1) is 0 Å². The Bertz CT molecular complexity index is 435. The van der Waals surface area contributed by atoms with Crippen LogP contribution in [0.15, 0.2) is 18.5 Å². The lowest BCUT2D eigenvalue weighted by atomic mass is 10.2. The summed E-state index contributed by atoms with van der Waals surface area (Å²) >= 11 is 0. The van der Waals surface area contributed by atoms with Crippen molar-refractivity contribution in [2.75, 3.05) is 0 Å². The lowest BCUT2D eigenvalue weighted by Gasteiger charge is -1.94. The fraction of sp³-hybridized carbons (Fsp3) is 0. The van der Waals surface area contributed by atoms with Gasteiger partial charge in [0.25, 0.3) is 0 Å². The van der Waals surface area contributed by atoms with Crippen LogP contribution in [-0.4, -0.2) is 21.2 Å². The first-order valence-electron chi connectivity index (χ1n) is 3.28. The van der Waals surface area contributed by atoms with E-state index in [0.29, 0.717) is 10.9 Å². The molecular formula is C7H4N3O2-. The zero-order valence-corrected chi connectivity index (χ0v) is 5.94. The summed E-state index contributed by atoms with van der Waals surface area (Å²) in [6.45, 7) is 0. The molecule has 60 valence electrons. The van der Waals surface area contributed by atoms with Crippen LogP contribution in [0.2, 0.25) is 0 Å². The third-order valence-corrected chi connectivity index (χ3v) is 1.56. The number of carbonyl (C=O) groups excluding carboxylic acids is 1. The second-order valence-corrected chi connectivity index (χ2v) is 2.28. The van der Waals surface area contributed by atoms with Gasteiger partial charge in [0, 0.05) is 17.8 Å². The number of aromatic amines is 1. The molecule has 0 radical (unpaired) electrons. The molecule has 1 N–H and O–H groups in total. The normalized spacial score (nSPS) is 10.3. The molecule has 2 heterocycles. The second-order valence-electron chi connectivity index (χ2n) is 2.28. The Morgan fingerprint density at radius 2 is 2.42 bits per heavy atom. The first-order chi connectivity index (χ1) is 5.79. The van der Waals surface area contributed by atoms with Gasteiger partial charge in [-0.15, -0.1) is 0 Å². The van der Waals surface area contributed by atoms with Crippen molar-refractivity contribution in [1.82, 2.24) is 15.2 Å². The molecule has 0 saturated carbocycles. The lowest BCUT2D eigenvalue weighted by Crippen LogP contribution is -2.22. The SMILES string of the molecule is O=C([O-])c1n[nH]c2ccncc12. The number of carboxylic acid groups (broad SMARTS) is 1. The summed E-state index contributed by atoms with van der Waals surface area (Å²) in [4.78, 5) is 14.2. The van der Waals surface area contributed by atoms with Gasteiger partial charge in [-0.25, -0.2) is 0 Å². The number of rotatable bonds is 1. The molecule has 0 aliphatic carbocycles. The molecule has 2 rings (SSSR count). The molecule has 0 fully saturated rings. The van der Waals surface area contributed by atoms with E-state index in [9.17, 15) is 9.90 Å². The number of carbonyl (C=O) groups is 1. The molecule has 5 nitrogen and oxygen atoms in total. The summed E-state index contributed by atoms with van der Waals surface area (Å²) in [5.41, 5.74) is 0.544.